The van der Waals surface area contributed by atoms with Crippen LogP contribution in [0.3, 0.4) is 0 Å². The molecule has 3 N–H and O–H groups in total. The van der Waals surface area contributed by atoms with E-state index in [9.17, 15) is 14.0 Å². The number of rotatable bonds is 3. The standard InChI is InChI=1S/C20H26FN3O2/c21-15-6-1-2-7-17(15)24-9-8-16(20(24)26)23-19(25)14-10-12-4-3-5-13(11-14)18(12)22/h1-2,6-7,12-14,16,18H,3-5,8-11,22H2,(H,23,25). The average molecular weight is 359 g/mol. The van der Waals surface area contributed by atoms with E-state index in [2.05, 4.69) is 5.32 Å². The monoisotopic (exact) mass is 359 g/mol. The second-order valence-electron chi connectivity index (χ2n) is 7.99. The van der Waals surface area contributed by atoms with Crippen LogP contribution in [0.15, 0.2) is 24.3 Å². The van der Waals surface area contributed by atoms with Crippen LogP contribution in [0.2, 0.25) is 0 Å². The van der Waals surface area contributed by atoms with Crippen molar-refractivity contribution in [3.8, 4) is 0 Å². The van der Waals surface area contributed by atoms with E-state index < -0.39 is 11.9 Å². The van der Waals surface area contributed by atoms with E-state index in [0.717, 1.165) is 25.7 Å². The summed E-state index contributed by atoms with van der Waals surface area (Å²) in [6.07, 6.45) is 5.56. The van der Waals surface area contributed by atoms with Gasteiger partial charge in [0.05, 0.1) is 5.69 Å². The van der Waals surface area contributed by atoms with E-state index in [1.807, 2.05) is 0 Å². The number of nitrogens with two attached hydrogens (primary N) is 1. The van der Waals surface area contributed by atoms with Crippen LogP contribution in [0.5, 0.6) is 0 Å². The zero-order chi connectivity index (χ0) is 18.3. The van der Waals surface area contributed by atoms with Gasteiger partial charge in [-0.3, -0.25) is 9.59 Å². The molecule has 3 fully saturated rings. The maximum absolute atomic E-state index is 14.0. The first-order chi connectivity index (χ1) is 12.5. The van der Waals surface area contributed by atoms with Gasteiger partial charge in [-0.25, -0.2) is 4.39 Å². The molecule has 26 heavy (non-hydrogen) atoms. The average Bonchev–Trinajstić information content (AvgIpc) is 2.95. The van der Waals surface area contributed by atoms with Crippen molar-refractivity contribution >= 4 is 17.5 Å². The van der Waals surface area contributed by atoms with E-state index in [0.29, 0.717) is 24.8 Å². The maximum Gasteiger partial charge on any atom is 0.249 e. The van der Waals surface area contributed by atoms with Crippen molar-refractivity contribution in [2.45, 2.75) is 50.6 Å². The summed E-state index contributed by atoms with van der Waals surface area (Å²) >= 11 is 0. The molecule has 4 rings (SSSR count). The Hall–Kier alpha value is -1.95. The Bertz CT molecular complexity index is 696. The van der Waals surface area contributed by atoms with E-state index in [1.54, 1.807) is 18.2 Å². The molecule has 2 amide bonds. The molecule has 1 aliphatic heterocycles. The third kappa shape index (κ3) is 3.11. The highest BCUT2D eigenvalue weighted by Crippen LogP contribution is 2.42. The summed E-state index contributed by atoms with van der Waals surface area (Å²) < 4.78 is 14.0. The van der Waals surface area contributed by atoms with Gasteiger partial charge in [0.25, 0.3) is 0 Å². The smallest absolute Gasteiger partial charge is 0.249 e. The lowest BCUT2D eigenvalue weighted by Crippen LogP contribution is -2.51. The first kappa shape index (κ1) is 17.5. The summed E-state index contributed by atoms with van der Waals surface area (Å²) in [5.41, 5.74) is 6.59. The maximum atomic E-state index is 14.0. The third-order valence-electron chi connectivity index (χ3n) is 6.45. The van der Waals surface area contributed by atoms with Gasteiger partial charge in [0, 0.05) is 18.5 Å². The van der Waals surface area contributed by atoms with Crippen molar-refractivity contribution in [2.75, 3.05) is 11.4 Å². The quantitative estimate of drug-likeness (QED) is 0.869. The number of para-hydroxylation sites is 1. The molecular weight excluding hydrogens is 333 g/mol. The molecule has 3 atom stereocenters. The third-order valence-corrected chi connectivity index (χ3v) is 6.45. The molecule has 1 heterocycles. The van der Waals surface area contributed by atoms with Crippen molar-refractivity contribution in [3.63, 3.8) is 0 Å². The van der Waals surface area contributed by atoms with Gasteiger partial charge in [-0.1, -0.05) is 18.6 Å². The van der Waals surface area contributed by atoms with Gasteiger partial charge in [-0.15, -0.1) is 0 Å². The van der Waals surface area contributed by atoms with Crippen molar-refractivity contribution in [2.24, 2.45) is 23.5 Å². The van der Waals surface area contributed by atoms with Crippen LogP contribution >= 0.6 is 0 Å². The molecule has 2 saturated carbocycles. The molecule has 5 nitrogen and oxygen atoms in total. The number of amides is 2. The summed E-state index contributed by atoms with van der Waals surface area (Å²) in [5.74, 6) is 0.112. The van der Waals surface area contributed by atoms with Crippen molar-refractivity contribution < 1.29 is 14.0 Å². The van der Waals surface area contributed by atoms with Gasteiger partial charge in [-0.05, 0) is 56.1 Å². The summed E-state index contributed by atoms with van der Waals surface area (Å²) in [6, 6.07) is 5.92. The molecule has 0 aromatic heterocycles. The fourth-order valence-corrected chi connectivity index (χ4v) is 5.02. The number of benzene rings is 1. The number of carbonyl (C=O) groups excluding carboxylic acids is 2. The zero-order valence-electron chi connectivity index (χ0n) is 14.9. The molecule has 0 spiro atoms. The predicted molar refractivity (Wildman–Crippen MR) is 96.8 cm³/mol. The highest BCUT2D eigenvalue weighted by Gasteiger charge is 2.42. The number of carbonyl (C=O) groups is 2. The number of halogens is 1. The van der Waals surface area contributed by atoms with E-state index in [4.69, 9.17) is 5.73 Å². The van der Waals surface area contributed by atoms with Gasteiger partial charge in [0.2, 0.25) is 11.8 Å². The second kappa shape index (κ2) is 6.99. The Balaban J connectivity index is 1.40. The minimum atomic E-state index is -0.558. The van der Waals surface area contributed by atoms with Crippen molar-refractivity contribution in [1.29, 1.82) is 0 Å². The number of fused-ring (bicyclic) bond motifs is 2. The lowest BCUT2D eigenvalue weighted by Gasteiger charge is -2.43. The molecule has 2 bridgehead atoms. The summed E-state index contributed by atoms with van der Waals surface area (Å²) in [4.78, 5) is 26.8. The molecule has 2 aliphatic carbocycles. The lowest BCUT2D eigenvalue weighted by atomic mass is 9.65. The molecule has 1 aromatic carbocycles. The van der Waals surface area contributed by atoms with E-state index >= 15 is 0 Å². The molecule has 6 heteroatoms. The molecule has 140 valence electrons. The van der Waals surface area contributed by atoms with Gasteiger partial charge < -0.3 is 16.0 Å². The minimum absolute atomic E-state index is 0.0393. The topological polar surface area (TPSA) is 75.4 Å². The second-order valence-corrected chi connectivity index (χ2v) is 7.99. The summed E-state index contributed by atoms with van der Waals surface area (Å²) in [6.45, 7) is 0.422. The summed E-state index contributed by atoms with van der Waals surface area (Å²) in [7, 11) is 0. The number of nitrogens with zero attached hydrogens (tertiary/aromatic N) is 1. The Morgan fingerprint density at radius 1 is 1.15 bits per heavy atom. The van der Waals surface area contributed by atoms with Crippen LogP contribution in [-0.4, -0.2) is 30.4 Å². The zero-order valence-corrected chi connectivity index (χ0v) is 14.9. The number of anilines is 1. The van der Waals surface area contributed by atoms with E-state index in [1.165, 1.54) is 17.4 Å². The molecule has 3 aliphatic rings. The first-order valence-electron chi connectivity index (χ1n) is 9.66. The molecular formula is C20H26FN3O2. The molecule has 1 saturated heterocycles. The molecule has 1 aromatic rings. The van der Waals surface area contributed by atoms with Crippen molar-refractivity contribution in [3.05, 3.63) is 30.1 Å². The Kier molecular flexibility index (Phi) is 4.69. The van der Waals surface area contributed by atoms with Crippen molar-refractivity contribution in [1.82, 2.24) is 5.32 Å². The Labute approximate surface area is 153 Å². The summed E-state index contributed by atoms with van der Waals surface area (Å²) in [5, 5.41) is 2.93. The highest BCUT2D eigenvalue weighted by molar-refractivity contribution is 6.01. The van der Waals surface area contributed by atoms with Gasteiger partial charge >= 0.3 is 0 Å². The van der Waals surface area contributed by atoms with Crippen LogP contribution < -0.4 is 16.0 Å². The normalized spacial score (nSPS) is 34.0. The van der Waals surface area contributed by atoms with Crippen LogP contribution in [0.4, 0.5) is 10.1 Å². The fraction of sp³-hybridized carbons (Fsp3) is 0.600. The minimum Gasteiger partial charge on any atom is -0.344 e. The van der Waals surface area contributed by atoms with E-state index in [-0.39, 0.29) is 29.5 Å². The van der Waals surface area contributed by atoms with Crippen LogP contribution in [0.1, 0.15) is 38.5 Å². The Morgan fingerprint density at radius 2 is 1.85 bits per heavy atom. The van der Waals surface area contributed by atoms with Crippen LogP contribution in [0, 0.1) is 23.6 Å². The SMILES string of the molecule is NC1C2CCCC1CC(C(=O)NC1CCN(c3ccccc3F)C1=O)C2. The van der Waals surface area contributed by atoms with Gasteiger partial charge in [0.15, 0.2) is 0 Å². The largest absolute Gasteiger partial charge is 0.344 e. The van der Waals surface area contributed by atoms with Gasteiger partial charge in [-0.2, -0.15) is 0 Å². The highest BCUT2D eigenvalue weighted by atomic mass is 19.1. The number of nitrogens with one attached hydrogen (secondary N) is 1. The van der Waals surface area contributed by atoms with Gasteiger partial charge in [0.1, 0.15) is 11.9 Å². The fourth-order valence-electron chi connectivity index (χ4n) is 5.02. The first-order valence-corrected chi connectivity index (χ1v) is 9.66. The molecule has 0 radical (unpaired) electrons. The number of hydrogen-bond acceptors (Lipinski definition) is 3. The van der Waals surface area contributed by atoms with Crippen LogP contribution in [0.25, 0.3) is 0 Å². The molecule has 3 unspecified atom stereocenters. The predicted octanol–water partition coefficient (Wildman–Crippen LogP) is 2.20. The van der Waals surface area contributed by atoms with Crippen LogP contribution in [-0.2, 0) is 9.59 Å². The lowest BCUT2D eigenvalue weighted by molar-refractivity contribution is -0.131. The Morgan fingerprint density at radius 3 is 2.54 bits per heavy atom. The number of hydrogen-bond donors (Lipinski definition) is 2.